The smallest absolute Gasteiger partial charge is 0.238 e. The number of benzene rings is 2. The van der Waals surface area contributed by atoms with Crippen molar-refractivity contribution in [3.8, 4) is 11.5 Å². The predicted octanol–water partition coefficient (Wildman–Crippen LogP) is 2.74. The van der Waals surface area contributed by atoms with Crippen LogP contribution in [0.1, 0.15) is 5.56 Å². The summed E-state index contributed by atoms with van der Waals surface area (Å²) in [6, 6.07) is 8.71. The number of rotatable bonds is 7. The SMILES string of the molecule is COc1ccc(OC)c(CN2CCN(CC(=O)Nc3cc(F)ccc3F)CC2)c1. The van der Waals surface area contributed by atoms with Gasteiger partial charge in [-0.05, 0) is 30.3 Å². The number of ether oxygens (including phenoxy) is 2. The van der Waals surface area contributed by atoms with Crippen molar-refractivity contribution in [3.05, 3.63) is 53.6 Å². The van der Waals surface area contributed by atoms with Crippen LogP contribution < -0.4 is 14.8 Å². The van der Waals surface area contributed by atoms with Crippen molar-refractivity contribution < 1.29 is 23.0 Å². The minimum Gasteiger partial charge on any atom is -0.497 e. The van der Waals surface area contributed by atoms with Crippen molar-refractivity contribution in [2.75, 3.05) is 52.3 Å². The third kappa shape index (κ3) is 5.65. The Bertz CT molecular complexity index is 855. The average Bonchev–Trinajstić information content (AvgIpc) is 2.72. The fourth-order valence-corrected chi connectivity index (χ4v) is 3.34. The number of halogens is 2. The zero-order valence-corrected chi connectivity index (χ0v) is 16.6. The molecule has 1 aliphatic heterocycles. The highest BCUT2D eigenvalue weighted by molar-refractivity contribution is 5.92. The van der Waals surface area contributed by atoms with Gasteiger partial charge in [0.15, 0.2) is 0 Å². The summed E-state index contributed by atoms with van der Waals surface area (Å²) in [4.78, 5) is 16.5. The van der Waals surface area contributed by atoms with Crippen LogP contribution in [0.25, 0.3) is 0 Å². The van der Waals surface area contributed by atoms with E-state index in [1.54, 1.807) is 14.2 Å². The summed E-state index contributed by atoms with van der Waals surface area (Å²) in [6.07, 6.45) is 0. The molecule has 8 heteroatoms. The van der Waals surface area contributed by atoms with Crippen molar-refractivity contribution in [2.24, 2.45) is 0 Å². The summed E-state index contributed by atoms with van der Waals surface area (Å²) >= 11 is 0. The summed E-state index contributed by atoms with van der Waals surface area (Å²) in [6.45, 7) is 3.81. The van der Waals surface area contributed by atoms with E-state index in [1.807, 2.05) is 23.1 Å². The molecule has 0 atom stereocenters. The molecule has 156 valence electrons. The van der Waals surface area contributed by atoms with Gasteiger partial charge >= 0.3 is 0 Å². The van der Waals surface area contributed by atoms with Crippen LogP contribution in [0.3, 0.4) is 0 Å². The molecule has 1 N–H and O–H groups in total. The van der Waals surface area contributed by atoms with Crippen molar-refractivity contribution >= 4 is 11.6 Å². The molecule has 29 heavy (non-hydrogen) atoms. The number of carbonyl (C=O) groups is 1. The van der Waals surface area contributed by atoms with Crippen molar-refractivity contribution in [2.45, 2.75) is 6.54 Å². The first-order valence-corrected chi connectivity index (χ1v) is 9.39. The number of nitrogens with zero attached hydrogens (tertiary/aromatic N) is 2. The van der Waals surface area contributed by atoms with Crippen LogP contribution in [-0.4, -0.2) is 62.7 Å². The Morgan fingerprint density at radius 1 is 1.00 bits per heavy atom. The lowest BCUT2D eigenvalue weighted by atomic mass is 10.1. The van der Waals surface area contributed by atoms with Gasteiger partial charge in [0.1, 0.15) is 23.1 Å². The van der Waals surface area contributed by atoms with Gasteiger partial charge in [-0.2, -0.15) is 0 Å². The van der Waals surface area contributed by atoms with E-state index in [0.717, 1.165) is 54.9 Å². The van der Waals surface area contributed by atoms with E-state index in [-0.39, 0.29) is 18.1 Å². The molecule has 1 saturated heterocycles. The predicted molar refractivity (Wildman–Crippen MR) is 106 cm³/mol. The fourth-order valence-electron chi connectivity index (χ4n) is 3.34. The van der Waals surface area contributed by atoms with Crippen molar-refractivity contribution in [3.63, 3.8) is 0 Å². The van der Waals surface area contributed by atoms with Gasteiger partial charge in [0.2, 0.25) is 5.91 Å². The second kappa shape index (κ2) is 9.67. The van der Waals surface area contributed by atoms with Crippen LogP contribution in [0, 0.1) is 11.6 Å². The molecule has 0 radical (unpaired) electrons. The molecule has 1 amide bonds. The zero-order chi connectivity index (χ0) is 20.8. The Morgan fingerprint density at radius 3 is 2.41 bits per heavy atom. The molecular weight excluding hydrogens is 380 g/mol. The maximum atomic E-state index is 13.7. The quantitative estimate of drug-likeness (QED) is 0.768. The standard InChI is InChI=1S/C21H25F2N3O3/c1-28-17-4-6-20(29-2)15(11-17)13-25-7-9-26(10-8-25)14-21(27)24-19-12-16(22)3-5-18(19)23/h3-6,11-12H,7-10,13-14H2,1-2H3,(H,24,27). The molecule has 0 aromatic heterocycles. The minimum atomic E-state index is -0.656. The Balaban J connectivity index is 1.50. The molecule has 0 bridgehead atoms. The maximum absolute atomic E-state index is 13.7. The first-order valence-electron chi connectivity index (χ1n) is 9.39. The van der Waals surface area contributed by atoms with E-state index in [4.69, 9.17) is 9.47 Å². The number of hydrogen-bond acceptors (Lipinski definition) is 5. The van der Waals surface area contributed by atoms with Crippen LogP contribution >= 0.6 is 0 Å². The summed E-state index contributed by atoms with van der Waals surface area (Å²) in [5, 5.41) is 2.44. The maximum Gasteiger partial charge on any atom is 0.238 e. The van der Waals surface area contributed by atoms with Gasteiger partial charge < -0.3 is 14.8 Å². The molecule has 0 spiro atoms. The van der Waals surface area contributed by atoms with E-state index >= 15 is 0 Å². The van der Waals surface area contributed by atoms with Gasteiger partial charge in [0.05, 0.1) is 26.5 Å². The second-order valence-corrected chi connectivity index (χ2v) is 6.90. The first-order chi connectivity index (χ1) is 14.0. The molecule has 1 fully saturated rings. The Hall–Kier alpha value is -2.71. The van der Waals surface area contributed by atoms with Crippen molar-refractivity contribution in [1.82, 2.24) is 9.80 Å². The number of methoxy groups -OCH3 is 2. The highest BCUT2D eigenvalue weighted by atomic mass is 19.1. The van der Waals surface area contributed by atoms with Crippen LogP contribution in [0.15, 0.2) is 36.4 Å². The van der Waals surface area contributed by atoms with Crippen LogP contribution in [0.4, 0.5) is 14.5 Å². The molecule has 0 unspecified atom stereocenters. The number of piperazine rings is 1. The van der Waals surface area contributed by atoms with Crippen molar-refractivity contribution in [1.29, 1.82) is 0 Å². The Labute approximate surface area is 169 Å². The van der Waals surface area contributed by atoms with E-state index in [0.29, 0.717) is 13.1 Å². The van der Waals surface area contributed by atoms with Gasteiger partial charge in [0.25, 0.3) is 0 Å². The van der Waals surface area contributed by atoms with Gasteiger partial charge in [-0.25, -0.2) is 8.78 Å². The number of amides is 1. The lowest BCUT2D eigenvalue weighted by Crippen LogP contribution is -2.48. The van der Waals surface area contributed by atoms with Gasteiger partial charge in [-0.1, -0.05) is 0 Å². The van der Waals surface area contributed by atoms with E-state index in [2.05, 4.69) is 10.2 Å². The second-order valence-electron chi connectivity index (χ2n) is 6.90. The minimum absolute atomic E-state index is 0.131. The summed E-state index contributed by atoms with van der Waals surface area (Å²) in [5.41, 5.74) is 0.901. The van der Waals surface area contributed by atoms with Crippen LogP contribution in [-0.2, 0) is 11.3 Å². The van der Waals surface area contributed by atoms with Crippen LogP contribution in [0.5, 0.6) is 11.5 Å². The van der Waals surface area contributed by atoms with Crippen LogP contribution in [0.2, 0.25) is 0 Å². The lowest BCUT2D eigenvalue weighted by molar-refractivity contribution is -0.117. The van der Waals surface area contributed by atoms with Gasteiger partial charge in [0, 0.05) is 44.4 Å². The molecule has 6 nitrogen and oxygen atoms in total. The average molecular weight is 405 g/mol. The molecule has 2 aromatic carbocycles. The molecule has 2 aromatic rings. The topological polar surface area (TPSA) is 54.0 Å². The molecule has 1 aliphatic rings. The summed E-state index contributed by atoms with van der Waals surface area (Å²) in [7, 11) is 3.27. The Kier molecular flexibility index (Phi) is 7.00. The van der Waals surface area contributed by atoms with E-state index < -0.39 is 11.6 Å². The molecular formula is C21H25F2N3O3. The number of hydrogen-bond donors (Lipinski definition) is 1. The number of carbonyl (C=O) groups excluding carboxylic acids is 1. The summed E-state index contributed by atoms with van der Waals surface area (Å²) in [5.74, 6) is -0.0251. The largest absolute Gasteiger partial charge is 0.497 e. The monoisotopic (exact) mass is 405 g/mol. The normalized spacial score (nSPS) is 15.2. The van der Waals surface area contributed by atoms with Gasteiger partial charge in [-0.3, -0.25) is 14.6 Å². The molecule has 1 heterocycles. The molecule has 3 rings (SSSR count). The third-order valence-electron chi connectivity index (χ3n) is 4.92. The van der Waals surface area contributed by atoms with Gasteiger partial charge in [-0.15, -0.1) is 0 Å². The highest BCUT2D eigenvalue weighted by Crippen LogP contribution is 2.25. The third-order valence-corrected chi connectivity index (χ3v) is 4.92. The summed E-state index contributed by atoms with van der Waals surface area (Å²) < 4.78 is 37.6. The molecule has 0 aliphatic carbocycles. The van der Waals surface area contributed by atoms with E-state index in [1.165, 1.54) is 0 Å². The fraction of sp³-hybridized carbons (Fsp3) is 0.381. The lowest BCUT2D eigenvalue weighted by Gasteiger charge is -2.34. The number of nitrogens with one attached hydrogen (secondary N) is 1. The zero-order valence-electron chi connectivity index (χ0n) is 16.6. The highest BCUT2D eigenvalue weighted by Gasteiger charge is 2.21. The Morgan fingerprint density at radius 2 is 1.72 bits per heavy atom. The first kappa shape index (κ1) is 21.0. The number of anilines is 1. The molecule has 0 saturated carbocycles. The van der Waals surface area contributed by atoms with E-state index in [9.17, 15) is 13.6 Å².